The van der Waals surface area contributed by atoms with Crippen molar-refractivity contribution in [2.75, 3.05) is 13.1 Å². The molecule has 4 heteroatoms. The molecule has 0 radical (unpaired) electrons. The lowest BCUT2D eigenvalue weighted by atomic mass is 10.1. The monoisotopic (exact) mass is 290 g/mol. The number of nitrogens with one attached hydrogen (secondary N) is 1. The summed E-state index contributed by atoms with van der Waals surface area (Å²) in [6, 6.07) is 11.0. The Morgan fingerprint density at radius 3 is 2.62 bits per heavy atom. The maximum atomic E-state index is 12.0. The van der Waals surface area contributed by atoms with E-state index in [-0.39, 0.29) is 12.1 Å². The van der Waals surface area contributed by atoms with E-state index in [4.69, 9.17) is 4.74 Å². The summed E-state index contributed by atoms with van der Waals surface area (Å²) in [6.45, 7) is 9.32. The third-order valence-corrected chi connectivity index (χ3v) is 3.63. The Morgan fingerprint density at radius 2 is 2.00 bits per heavy atom. The first kappa shape index (κ1) is 15.8. The van der Waals surface area contributed by atoms with Crippen molar-refractivity contribution < 1.29 is 9.53 Å². The quantitative estimate of drug-likeness (QED) is 0.928. The molecule has 0 aliphatic carbocycles. The molecule has 1 aliphatic heterocycles. The minimum absolute atomic E-state index is 0.209. The molecular weight excluding hydrogens is 264 g/mol. The maximum Gasteiger partial charge on any atom is 0.410 e. The molecule has 0 spiro atoms. The zero-order valence-corrected chi connectivity index (χ0v) is 13.4. The van der Waals surface area contributed by atoms with Crippen LogP contribution in [-0.2, 0) is 4.74 Å². The molecule has 1 fully saturated rings. The largest absolute Gasteiger partial charge is 0.444 e. The van der Waals surface area contributed by atoms with Crippen molar-refractivity contribution in [1.29, 1.82) is 0 Å². The highest BCUT2D eigenvalue weighted by Gasteiger charge is 2.30. The van der Waals surface area contributed by atoms with Crippen molar-refractivity contribution >= 4 is 6.09 Å². The van der Waals surface area contributed by atoms with Crippen molar-refractivity contribution in [3.63, 3.8) is 0 Å². The van der Waals surface area contributed by atoms with E-state index >= 15 is 0 Å². The van der Waals surface area contributed by atoms with Gasteiger partial charge in [0.25, 0.3) is 0 Å². The predicted molar refractivity (Wildman–Crippen MR) is 84.2 cm³/mol. The first-order valence-corrected chi connectivity index (χ1v) is 7.64. The predicted octanol–water partition coefficient (Wildman–Crippen LogP) is 3.35. The van der Waals surface area contributed by atoms with Gasteiger partial charge in [-0.25, -0.2) is 4.79 Å². The van der Waals surface area contributed by atoms with Gasteiger partial charge in [-0.2, -0.15) is 0 Å². The summed E-state index contributed by atoms with van der Waals surface area (Å²) >= 11 is 0. The fraction of sp³-hybridized carbons (Fsp3) is 0.588. The number of ether oxygens (including phenoxy) is 1. The normalized spacial score (nSPS) is 20.4. The Balaban J connectivity index is 1.84. The molecule has 1 aliphatic rings. The number of nitrogens with zero attached hydrogens (tertiary/aromatic N) is 1. The molecule has 0 saturated carbocycles. The Kier molecular flexibility index (Phi) is 4.88. The van der Waals surface area contributed by atoms with E-state index < -0.39 is 5.60 Å². The van der Waals surface area contributed by atoms with Gasteiger partial charge in [0, 0.05) is 25.2 Å². The summed E-state index contributed by atoms with van der Waals surface area (Å²) in [7, 11) is 0. The van der Waals surface area contributed by atoms with Gasteiger partial charge in [-0.05, 0) is 39.7 Å². The zero-order chi connectivity index (χ0) is 15.5. The number of amides is 1. The van der Waals surface area contributed by atoms with Crippen molar-refractivity contribution in [2.24, 2.45) is 0 Å². The van der Waals surface area contributed by atoms with Crippen molar-refractivity contribution in [3.8, 4) is 0 Å². The number of hydrogen-bond acceptors (Lipinski definition) is 3. The number of benzene rings is 1. The van der Waals surface area contributed by atoms with E-state index in [0.717, 1.165) is 13.0 Å². The van der Waals surface area contributed by atoms with Crippen molar-refractivity contribution in [2.45, 2.75) is 51.8 Å². The second-order valence-electron chi connectivity index (χ2n) is 6.71. The molecule has 0 aromatic heterocycles. The summed E-state index contributed by atoms with van der Waals surface area (Å²) in [4.78, 5) is 13.8. The highest BCUT2D eigenvalue weighted by molar-refractivity contribution is 5.68. The van der Waals surface area contributed by atoms with Crippen LogP contribution in [0.3, 0.4) is 0 Å². The van der Waals surface area contributed by atoms with E-state index in [1.807, 2.05) is 26.8 Å². The first-order chi connectivity index (χ1) is 9.85. The van der Waals surface area contributed by atoms with Crippen LogP contribution in [0.1, 0.15) is 45.7 Å². The van der Waals surface area contributed by atoms with Crippen molar-refractivity contribution in [3.05, 3.63) is 35.9 Å². The van der Waals surface area contributed by atoms with Gasteiger partial charge in [-0.1, -0.05) is 30.3 Å². The smallest absolute Gasteiger partial charge is 0.410 e. The van der Waals surface area contributed by atoms with Crippen LogP contribution in [0.25, 0.3) is 0 Å². The van der Waals surface area contributed by atoms with E-state index in [1.54, 1.807) is 4.90 Å². The molecule has 2 atom stereocenters. The Morgan fingerprint density at radius 1 is 1.33 bits per heavy atom. The minimum atomic E-state index is -0.431. The molecule has 21 heavy (non-hydrogen) atoms. The summed E-state index contributed by atoms with van der Waals surface area (Å²) in [5.41, 5.74) is 0.841. The molecule has 1 aromatic rings. The van der Waals surface area contributed by atoms with Gasteiger partial charge in [-0.15, -0.1) is 0 Å². The van der Waals surface area contributed by atoms with Crippen LogP contribution in [0.4, 0.5) is 4.79 Å². The van der Waals surface area contributed by atoms with Gasteiger partial charge in [0.05, 0.1) is 0 Å². The van der Waals surface area contributed by atoms with E-state index in [1.165, 1.54) is 5.56 Å². The maximum absolute atomic E-state index is 12.0. The lowest BCUT2D eigenvalue weighted by molar-refractivity contribution is 0.0290. The SMILES string of the molecule is C[C@H](NC1CCN(C(=O)OC(C)(C)C)C1)c1ccccc1. The van der Waals surface area contributed by atoms with Crippen LogP contribution in [0.5, 0.6) is 0 Å². The number of likely N-dealkylation sites (tertiary alicyclic amines) is 1. The van der Waals surface area contributed by atoms with Crippen LogP contribution >= 0.6 is 0 Å². The van der Waals surface area contributed by atoms with E-state index in [0.29, 0.717) is 12.6 Å². The molecule has 1 aromatic carbocycles. The molecule has 4 nitrogen and oxygen atoms in total. The van der Waals surface area contributed by atoms with Crippen molar-refractivity contribution in [1.82, 2.24) is 10.2 Å². The van der Waals surface area contributed by atoms with Gasteiger partial charge in [0.1, 0.15) is 5.60 Å². The first-order valence-electron chi connectivity index (χ1n) is 7.64. The number of hydrogen-bond donors (Lipinski definition) is 1. The van der Waals surface area contributed by atoms with Gasteiger partial charge >= 0.3 is 6.09 Å². The molecule has 1 unspecified atom stereocenters. The second-order valence-corrected chi connectivity index (χ2v) is 6.71. The van der Waals surface area contributed by atoms with E-state index in [9.17, 15) is 4.79 Å². The average molecular weight is 290 g/mol. The molecule has 0 bridgehead atoms. The van der Waals surface area contributed by atoms with Gasteiger partial charge < -0.3 is 15.0 Å². The average Bonchev–Trinajstić information content (AvgIpc) is 2.86. The standard InChI is InChI=1S/C17H26N2O2/c1-13(14-8-6-5-7-9-14)18-15-10-11-19(12-15)16(20)21-17(2,3)4/h5-9,13,15,18H,10-12H2,1-4H3/t13-,15?/m0/s1. The molecule has 1 amide bonds. The molecule has 2 rings (SSSR count). The van der Waals surface area contributed by atoms with Gasteiger partial charge in [-0.3, -0.25) is 0 Å². The molecule has 116 valence electrons. The zero-order valence-electron chi connectivity index (χ0n) is 13.4. The van der Waals surface area contributed by atoms with Crippen LogP contribution < -0.4 is 5.32 Å². The summed E-state index contributed by atoms with van der Waals surface area (Å²) < 4.78 is 5.42. The van der Waals surface area contributed by atoms with Crippen LogP contribution in [0.15, 0.2) is 30.3 Å². The van der Waals surface area contributed by atoms with Crippen LogP contribution in [0.2, 0.25) is 0 Å². The Bertz CT molecular complexity index is 467. The fourth-order valence-corrected chi connectivity index (χ4v) is 2.58. The highest BCUT2D eigenvalue weighted by Crippen LogP contribution is 2.18. The third kappa shape index (κ3) is 4.74. The topological polar surface area (TPSA) is 41.6 Å². The Hall–Kier alpha value is -1.55. The van der Waals surface area contributed by atoms with Gasteiger partial charge in [0.15, 0.2) is 0 Å². The second kappa shape index (κ2) is 6.48. The number of rotatable bonds is 3. The Labute approximate surface area is 127 Å². The van der Waals surface area contributed by atoms with Crippen LogP contribution in [0, 0.1) is 0 Å². The molecular formula is C17H26N2O2. The summed E-state index contributed by atoms with van der Waals surface area (Å²) in [5, 5.41) is 3.59. The molecule has 1 heterocycles. The minimum Gasteiger partial charge on any atom is -0.444 e. The van der Waals surface area contributed by atoms with Crippen LogP contribution in [-0.4, -0.2) is 35.7 Å². The lowest BCUT2D eigenvalue weighted by Gasteiger charge is -2.25. The third-order valence-electron chi connectivity index (χ3n) is 3.63. The summed E-state index contributed by atoms with van der Waals surface area (Å²) in [6.07, 6.45) is 0.760. The number of carbonyl (C=O) groups excluding carboxylic acids is 1. The molecule has 1 N–H and O–H groups in total. The van der Waals surface area contributed by atoms with Gasteiger partial charge in [0.2, 0.25) is 0 Å². The van der Waals surface area contributed by atoms with E-state index in [2.05, 4.69) is 36.5 Å². The number of carbonyl (C=O) groups is 1. The summed E-state index contributed by atoms with van der Waals surface area (Å²) in [5.74, 6) is 0. The lowest BCUT2D eigenvalue weighted by Crippen LogP contribution is -2.39. The molecule has 1 saturated heterocycles. The fourth-order valence-electron chi connectivity index (χ4n) is 2.58. The highest BCUT2D eigenvalue weighted by atomic mass is 16.6.